The van der Waals surface area contributed by atoms with E-state index in [1.807, 2.05) is 25.1 Å². The fourth-order valence-corrected chi connectivity index (χ4v) is 5.80. The Labute approximate surface area is 253 Å². The number of benzene rings is 1. The number of β-amino-alcohol motifs (C(OH)–C–C–N with tert-alkyl or cyclic N) is 1. The van der Waals surface area contributed by atoms with Crippen molar-refractivity contribution in [1.29, 1.82) is 0 Å². The van der Waals surface area contributed by atoms with Gasteiger partial charge in [0.05, 0.1) is 11.8 Å². The van der Waals surface area contributed by atoms with E-state index in [0.29, 0.717) is 24.8 Å². The summed E-state index contributed by atoms with van der Waals surface area (Å²) < 4.78 is 11.3. The van der Waals surface area contributed by atoms with Gasteiger partial charge in [-0.3, -0.25) is 9.69 Å². The fourth-order valence-electron chi connectivity index (χ4n) is 5.80. The van der Waals surface area contributed by atoms with Gasteiger partial charge in [-0.1, -0.05) is 6.07 Å². The Bertz CT molecular complexity index is 1400. The molecule has 1 saturated carbocycles. The van der Waals surface area contributed by atoms with Crippen molar-refractivity contribution in [2.24, 2.45) is 0 Å². The van der Waals surface area contributed by atoms with Gasteiger partial charge in [0.25, 0.3) is 5.91 Å². The van der Waals surface area contributed by atoms with E-state index in [4.69, 9.17) is 14.1 Å². The van der Waals surface area contributed by atoms with Crippen LogP contribution in [-0.2, 0) is 19.6 Å². The van der Waals surface area contributed by atoms with Crippen molar-refractivity contribution in [3.05, 3.63) is 64.9 Å². The average Bonchev–Trinajstić information content (AvgIpc) is 3.41. The molecule has 6 rings (SSSR count). The van der Waals surface area contributed by atoms with Crippen LogP contribution in [0.15, 0.2) is 41.1 Å². The lowest BCUT2D eigenvalue weighted by Crippen LogP contribution is -2.45. The summed E-state index contributed by atoms with van der Waals surface area (Å²) in [6.07, 6.45) is 5.12. The van der Waals surface area contributed by atoms with Crippen LogP contribution >= 0.6 is 0 Å². The lowest BCUT2D eigenvalue weighted by molar-refractivity contribution is 0.0841. The second kappa shape index (κ2) is 13.3. The summed E-state index contributed by atoms with van der Waals surface area (Å²) in [6.45, 7) is 8.20. The molecule has 0 radical (unpaired) electrons. The zero-order valence-electron chi connectivity index (χ0n) is 25.2. The quantitative estimate of drug-likeness (QED) is 0.308. The molecule has 3 aliphatic rings. The molecule has 1 atom stereocenters. The Balaban J connectivity index is 1.01. The summed E-state index contributed by atoms with van der Waals surface area (Å²) in [6, 6.07) is 10.3. The summed E-state index contributed by atoms with van der Waals surface area (Å²) in [5, 5.41) is 17.3. The van der Waals surface area contributed by atoms with Crippen LogP contribution in [0, 0.1) is 6.92 Å². The van der Waals surface area contributed by atoms with E-state index in [2.05, 4.69) is 49.5 Å². The number of aryl methyl sites for hydroxylation is 1. The number of hydrogen-bond donors (Lipinski definition) is 3. The number of hydrogen-bond acceptors (Lipinski definition) is 10. The molecule has 11 nitrogen and oxygen atoms in total. The smallest absolute Gasteiger partial charge is 0.251 e. The van der Waals surface area contributed by atoms with Gasteiger partial charge in [0, 0.05) is 64.0 Å². The largest absolute Gasteiger partial charge is 0.486 e. The Morgan fingerprint density at radius 1 is 1.14 bits per heavy atom. The van der Waals surface area contributed by atoms with Gasteiger partial charge in [0.15, 0.2) is 12.2 Å². The summed E-state index contributed by atoms with van der Waals surface area (Å²) in [5.41, 5.74) is 3.89. The molecular formula is C32H43N7O4. The number of rotatable bonds is 11. The van der Waals surface area contributed by atoms with Gasteiger partial charge in [-0.2, -0.15) is 0 Å². The zero-order chi connectivity index (χ0) is 29.8. The molecule has 0 bridgehead atoms. The average molecular weight is 590 g/mol. The first kappa shape index (κ1) is 29.4. The number of fused-ring (bicyclic) bond motifs is 1. The molecule has 3 N–H and O–H groups in total. The molecule has 1 aromatic carbocycles. The van der Waals surface area contributed by atoms with Crippen LogP contribution in [0.2, 0.25) is 0 Å². The van der Waals surface area contributed by atoms with Crippen LogP contribution in [0.3, 0.4) is 0 Å². The van der Waals surface area contributed by atoms with Crippen molar-refractivity contribution in [3.63, 3.8) is 0 Å². The highest BCUT2D eigenvalue weighted by Gasteiger charge is 2.23. The van der Waals surface area contributed by atoms with Crippen LogP contribution in [0.1, 0.15) is 52.2 Å². The van der Waals surface area contributed by atoms with Crippen molar-refractivity contribution < 1.29 is 19.1 Å². The number of amides is 1. The van der Waals surface area contributed by atoms with E-state index in [1.54, 1.807) is 0 Å². The summed E-state index contributed by atoms with van der Waals surface area (Å²) in [7, 11) is 2.13. The normalized spacial score (nSPS) is 18.5. The number of aliphatic hydroxyl groups excluding tert-OH is 1. The number of pyridine rings is 1. The highest BCUT2D eigenvalue weighted by atomic mass is 16.5. The molecule has 11 heteroatoms. The predicted octanol–water partition coefficient (Wildman–Crippen LogP) is 2.82. The van der Waals surface area contributed by atoms with Crippen LogP contribution in [0.25, 0.3) is 0 Å². The number of anilines is 2. The molecular weight excluding hydrogens is 546 g/mol. The van der Waals surface area contributed by atoms with Crippen molar-refractivity contribution in [1.82, 2.24) is 25.1 Å². The Hall–Kier alpha value is -3.67. The number of nitrogens with one attached hydrogen (secondary N) is 2. The maximum atomic E-state index is 13.3. The first-order chi connectivity index (χ1) is 20.9. The summed E-state index contributed by atoms with van der Waals surface area (Å²) in [4.78, 5) is 29.0. The molecule has 0 spiro atoms. The molecule has 2 fully saturated rings. The minimum absolute atomic E-state index is 0.188. The van der Waals surface area contributed by atoms with Crippen molar-refractivity contribution >= 4 is 17.5 Å². The molecule has 230 valence electrons. The molecule has 43 heavy (non-hydrogen) atoms. The molecule has 1 amide bonds. The third-order valence-corrected chi connectivity index (χ3v) is 8.81. The fraction of sp³-hybridized carbons (Fsp3) is 0.531. The minimum Gasteiger partial charge on any atom is -0.486 e. The zero-order valence-corrected chi connectivity index (χ0v) is 25.2. The van der Waals surface area contributed by atoms with E-state index in [-0.39, 0.29) is 12.5 Å². The maximum absolute atomic E-state index is 13.3. The highest BCUT2D eigenvalue weighted by molar-refractivity contribution is 5.95. The van der Waals surface area contributed by atoms with Gasteiger partial charge in [-0.15, -0.1) is 0 Å². The number of ether oxygens (including phenoxy) is 1. The van der Waals surface area contributed by atoms with Crippen LogP contribution in [0.5, 0.6) is 5.75 Å². The lowest BCUT2D eigenvalue weighted by Gasteiger charge is -2.34. The second-order valence-electron chi connectivity index (χ2n) is 12.1. The van der Waals surface area contributed by atoms with Crippen molar-refractivity contribution in [2.45, 2.75) is 57.9 Å². The van der Waals surface area contributed by atoms with Gasteiger partial charge < -0.3 is 34.7 Å². The standard InChI is InChI=1S/C32H43N7O4/c1-22-29(43-21-34-22)20-42-28-7-6-24-18-38(9-8-23(24)14-28)19-27(40)17-33-32(41)25-15-30(35-26-4-3-5-26)36-31(16-25)39-12-10-37(2)11-13-39/h6-7,14-16,21,26-27,40H,3-5,8-13,17-20H2,1-2H3,(H,33,41)(H,35,36). The van der Waals surface area contributed by atoms with Gasteiger partial charge in [-0.25, -0.2) is 9.97 Å². The van der Waals surface area contributed by atoms with E-state index in [1.165, 1.54) is 23.9 Å². The first-order valence-electron chi connectivity index (χ1n) is 15.4. The third-order valence-electron chi connectivity index (χ3n) is 8.81. The van der Waals surface area contributed by atoms with Crippen molar-refractivity contribution in [2.75, 3.05) is 63.1 Å². The van der Waals surface area contributed by atoms with Gasteiger partial charge in [-0.05, 0) is 75.0 Å². The number of carbonyl (C=O) groups excluding carboxylic acids is 1. The monoisotopic (exact) mass is 589 g/mol. The number of aliphatic hydroxyl groups is 1. The first-order valence-corrected chi connectivity index (χ1v) is 15.4. The summed E-state index contributed by atoms with van der Waals surface area (Å²) >= 11 is 0. The third kappa shape index (κ3) is 7.46. The molecule has 2 aliphatic heterocycles. The molecule has 3 aromatic rings. The van der Waals surface area contributed by atoms with Crippen LogP contribution in [-0.4, -0.2) is 95.8 Å². The van der Waals surface area contributed by atoms with Crippen LogP contribution in [0.4, 0.5) is 11.6 Å². The van der Waals surface area contributed by atoms with Gasteiger partial charge in [0.2, 0.25) is 0 Å². The Morgan fingerprint density at radius 2 is 1.98 bits per heavy atom. The van der Waals surface area contributed by atoms with Gasteiger partial charge in [0.1, 0.15) is 24.0 Å². The highest BCUT2D eigenvalue weighted by Crippen LogP contribution is 2.27. The molecule has 1 aliphatic carbocycles. The van der Waals surface area contributed by atoms with Crippen molar-refractivity contribution in [3.8, 4) is 5.75 Å². The van der Waals surface area contributed by atoms with E-state index in [9.17, 15) is 9.90 Å². The van der Waals surface area contributed by atoms with E-state index in [0.717, 1.165) is 87.4 Å². The second-order valence-corrected chi connectivity index (χ2v) is 12.1. The number of aromatic nitrogens is 2. The molecule has 1 unspecified atom stereocenters. The number of likely N-dealkylation sites (N-methyl/N-ethyl adjacent to an activating group) is 1. The maximum Gasteiger partial charge on any atom is 0.251 e. The molecule has 1 saturated heterocycles. The minimum atomic E-state index is -0.676. The summed E-state index contributed by atoms with van der Waals surface area (Å²) in [5.74, 6) is 2.93. The number of oxazole rings is 1. The Morgan fingerprint density at radius 3 is 2.72 bits per heavy atom. The Kier molecular flexibility index (Phi) is 9.11. The van der Waals surface area contributed by atoms with E-state index >= 15 is 0 Å². The number of carbonyl (C=O) groups is 1. The SMILES string of the molecule is Cc1ncoc1COc1ccc2c(c1)CCN(CC(O)CNC(=O)c1cc(NC3CCC3)nc(N3CCN(C)CC3)c1)C2. The molecule has 2 aromatic heterocycles. The lowest BCUT2D eigenvalue weighted by atomic mass is 9.93. The number of piperazine rings is 1. The topological polar surface area (TPSA) is 119 Å². The predicted molar refractivity (Wildman–Crippen MR) is 165 cm³/mol. The molecule has 4 heterocycles. The van der Waals surface area contributed by atoms with Gasteiger partial charge >= 0.3 is 0 Å². The van der Waals surface area contributed by atoms with Crippen LogP contribution < -0.4 is 20.3 Å². The number of nitrogens with zero attached hydrogens (tertiary/aromatic N) is 5. The van der Waals surface area contributed by atoms with E-state index < -0.39 is 6.10 Å².